The number of nitrogens with zero attached hydrogens (tertiary/aromatic N) is 1. The lowest BCUT2D eigenvalue weighted by atomic mass is 10.2. The Hall–Kier alpha value is -1.72. The van der Waals surface area contributed by atoms with Gasteiger partial charge in [0.2, 0.25) is 0 Å². The van der Waals surface area contributed by atoms with Crippen LogP contribution in [-0.2, 0) is 6.54 Å². The Morgan fingerprint density at radius 1 is 1.29 bits per heavy atom. The number of nitrogens with one attached hydrogen (secondary N) is 3. The molecule has 1 saturated carbocycles. The third-order valence-corrected chi connectivity index (χ3v) is 4.02. The second-order valence-electron chi connectivity index (χ2n) is 5.04. The predicted octanol–water partition coefficient (Wildman–Crippen LogP) is 3.92. The van der Waals surface area contributed by atoms with Gasteiger partial charge in [0.05, 0.1) is 15.7 Å². The fourth-order valence-corrected chi connectivity index (χ4v) is 2.31. The Kier molecular flexibility index (Phi) is 4.03. The van der Waals surface area contributed by atoms with E-state index in [-0.39, 0.29) is 6.03 Å². The summed E-state index contributed by atoms with van der Waals surface area (Å²) in [6.07, 6.45) is 2.35. The van der Waals surface area contributed by atoms with Crippen molar-refractivity contribution in [1.29, 1.82) is 0 Å². The van der Waals surface area contributed by atoms with Gasteiger partial charge in [-0.1, -0.05) is 29.3 Å². The fraction of sp³-hybridized carbons (Fsp3) is 0.286. The van der Waals surface area contributed by atoms with Crippen LogP contribution in [0.5, 0.6) is 0 Å². The topological polar surface area (TPSA) is 69.8 Å². The quantitative estimate of drug-likeness (QED) is 0.797. The molecule has 3 rings (SSSR count). The number of hydrogen-bond donors (Lipinski definition) is 3. The van der Waals surface area contributed by atoms with Crippen molar-refractivity contribution < 1.29 is 4.79 Å². The summed E-state index contributed by atoms with van der Waals surface area (Å²) < 4.78 is 0. The smallest absolute Gasteiger partial charge is 0.320 e. The molecule has 7 heteroatoms. The number of hydrogen-bond acceptors (Lipinski definition) is 2. The summed E-state index contributed by atoms with van der Waals surface area (Å²) in [7, 11) is 0. The largest absolute Gasteiger partial charge is 0.334 e. The molecule has 110 valence electrons. The number of H-pyrrole nitrogens is 1. The number of halogens is 2. The van der Waals surface area contributed by atoms with Crippen molar-refractivity contribution in [3.05, 3.63) is 45.6 Å². The molecule has 0 aliphatic heterocycles. The molecule has 2 amide bonds. The van der Waals surface area contributed by atoms with Gasteiger partial charge in [-0.3, -0.25) is 10.4 Å². The van der Waals surface area contributed by atoms with Crippen LogP contribution in [0, 0.1) is 0 Å². The van der Waals surface area contributed by atoms with Gasteiger partial charge in [-0.15, -0.1) is 0 Å². The van der Waals surface area contributed by atoms with Crippen LogP contribution in [0.4, 0.5) is 10.6 Å². The molecular weight excluding hydrogens is 311 g/mol. The van der Waals surface area contributed by atoms with E-state index in [1.165, 1.54) is 12.8 Å². The number of benzene rings is 1. The van der Waals surface area contributed by atoms with E-state index in [9.17, 15) is 4.79 Å². The lowest BCUT2D eigenvalue weighted by Crippen LogP contribution is -2.28. The lowest BCUT2D eigenvalue weighted by Gasteiger charge is -2.06. The molecule has 1 aromatic carbocycles. The molecule has 1 fully saturated rings. The summed E-state index contributed by atoms with van der Waals surface area (Å²) in [4.78, 5) is 11.8. The summed E-state index contributed by atoms with van der Waals surface area (Å²) in [6, 6.07) is 6.82. The maximum Gasteiger partial charge on any atom is 0.320 e. The highest BCUT2D eigenvalue weighted by Crippen LogP contribution is 2.39. The summed E-state index contributed by atoms with van der Waals surface area (Å²) in [5.74, 6) is 1.15. The molecular formula is C14H14Cl2N4O. The Morgan fingerprint density at radius 2 is 2.10 bits per heavy atom. The number of aromatic amines is 1. The second kappa shape index (κ2) is 5.95. The maximum atomic E-state index is 11.8. The molecule has 1 aliphatic carbocycles. The van der Waals surface area contributed by atoms with Crippen LogP contribution in [0.2, 0.25) is 10.0 Å². The fourth-order valence-electron chi connectivity index (χ4n) is 1.99. The zero-order valence-corrected chi connectivity index (χ0v) is 12.6. The maximum absolute atomic E-state index is 11.8. The molecule has 1 aromatic heterocycles. The van der Waals surface area contributed by atoms with E-state index in [1.807, 2.05) is 12.1 Å². The molecule has 3 N–H and O–H groups in total. The average molecular weight is 325 g/mol. The van der Waals surface area contributed by atoms with Gasteiger partial charge in [-0.2, -0.15) is 5.10 Å². The second-order valence-corrected chi connectivity index (χ2v) is 5.85. The SMILES string of the molecule is O=C(NCc1ccc(Cl)c(Cl)c1)Nc1cc(C2CC2)n[nH]1. The molecule has 0 bridgehead atoms. The van der Waals surface area contributed by atoms with Crippen molar-refractivity contribution in [2.24, 2.45) is 0 Å². The van der Waals surface area contributed by atoms with Crippen LogP contribution in [0.3, 0.4) is 0 Å². The monoisotopic (exact) mass is 324 g/mol. The van der Waals surface area contributed by atoms with Crippen molar-refractivity contribution in [2.75, 3.05) is 5.32 Å². The Balaban J connectivity index is 1.52. The van der Waals surface area contributed by atoms with Gasteiger partial charge in [-0.05, 0) is 30.5 Å². The van der Waals surface area contributed by atoms with Gasteiger partial charge >= 0.3 is 6.03 Å². The van der Waals surface area contributed by atoms with Crippen LogP contribution in [0.1, 0.15) is 30.0 Å². The number of carbonyl (C=O) groups excluding carboxylic acids is 1. The first kappa shape index (κ1) is 14.2. The third kappa shape index (κ3) is 3.68. The summed E-state index contributed by atoms with van der Waals surface area (Å²) >= 11 is 11.8. The third-order valence-electron chi connectivity index (χ3n) is 3.28. The van der Waals surface area contributed by atoms with E-state index in [2.05, 4.69) is 20.8 Å². The minimum atomic E-state index is -0.299. The highest BCUT2D eigenvalue weighted by Gasteiger charge is 2.26. The molecule has 0 radical (unpaired) electrons. The molecule has 1 heterocycles. The number of urea groups is 1. The van der Waals surface area contributed by atoms with E-state index in [0.29, 0.717) is 28.3 Å². The Bertz CT molecular complexity index is 667. The van der Waals surface area contributed by atoms with Gasteiger partial charge in [0.1, 0.15) is 5.82 Å². The molecule has 2 aromatic rings. The molecule has 21 heavy (non-hydrogen) atoms. The molecule has 0 unspecified atom stereocenters. The molecule has 5 nitrogen and oxygen atoms in total. The normalized spacial score (nSPS) is 14.0. The van der Waals surface area contributed by atoms with Crippen molar-refractivity contribution >= 4 is 35.1 Å². The first-order valence-corrected chi connectivity index (χ1v) is 7.41. The first-order chi connectivity index (χ1) is 10.1. The summed E-state index contributed by atoms with van der Waals surface area (Å²) in [5, 5.41) is 13.4. The Labute approximate surface area is 132 Å². The van der Waals surface area contributed by atoms with E-state index in [0.717, 1.165) is 11.3 Å². The van der Waals surface area contributed by atoms with Crippen molar-refractivity contribution in [2.45, 2.75) is 25.3 Å². The van der Waals surface area contributed by atoms with E-state index in [4.69, 9.17) is 23.2 Å². The molecule has 0 saturated heterocycles. The van der Waals surface area contributed by atoms with Crippen LogP contribution in [0.25, 0.3) is 0 Å². The number of anilines is 1. The zero-order valence-electron chi connectivity index (χ0n) is 11.1. The number of aromatic nitrogens is 2. The van der Waals surface area contributed by atoms with Crippen LogP contribution < -0.4 is 10.6 Å². The first-order valence-electron chi connectivity index (χ1n) is 6.66. The van der Waals surface area contributed by atoms with Crippen molar-refractivity contribution in [3.8, 4) is 0 Å². The predicted molar refractivity (Wildman–Crippen MR) is 82.9 cm³/mol. The minimum Gasteiger partial charge on any atom is -0.334 e. The number of carbonyl (C=O) groups is 1. The molecule has 0 atom stereocenters. The van der Waals surface area contributed by atoms with Crippen LogP contribution in [0.15, 0.2) is 24.3 Å². The van der Waals surface area contributed by atoms with E-state index in [1.54, 1.807) is 12.1 Å². The average Bonchev–Trinajstić information content (AvgIpc) is 3.21. The lowest BCUT2D eigenvalue weighted by molar-refractivity contribution is 0.251. The highest BCUT2D eigenvalue weighted by molar-refractivity contribution is 6.42. The van der Waals surface area contributed by atoms with Crippen molar-refractivity contribution in [3.63, 3.8) is 0 Å². The standard InChI is InChI=1S/C14H14Cl2N4O/c15-10-4-1-8(5-11(10)16)7-17-14(21)18-13-6-12(19-20-13)9-2-3-9/h1,4-6,9H,2-3,7H2,(H3,17,18,19,20,21). The minimum absolute atomic E-state index is 0.299. The van der Waals surface area contributed by atoms with E-state index < -0.39 is 0 Å². The summed E-state index contributed by atoms with van der Waals surface area (Å²) in [5.41, 5.74) is 1.89. The number of rotatable bonds is 4. The number of amides is 2. The highest BCUT2D eigenvalue weighted by atomic mass is 35.5. The molecule has 1 aliphatic rings. The van der Waals surface area contributed by atoms with E-state index >= 15 is 0 Å². The van der Waals surface area contributed by atoms with Gasteiger partial charge in [0, 0.05) is 18.5 Å². The molecule has 0 spiro atoms. The summed E-state index contributed by atoms with van der Waals surface area (Å²) in [6.45, 7) is 0.367. The zero-order chi connectivity index (χ0) is 14.8. The Morgan fingerprint density at radius 3 is 2.81 bits per heavy atom. The van der Waals surface area contributed by atoms with Gasteiger partial charge < -0.3 is 5.32 Å². The van der Waals surface area contributed by atoms with Crippen molar-refractivity contribution in [1.82, 2.24) is 15.5 Å². The van der Waals surface area contributed by atoms with Crippen LogP contribution >= 0.6 is 23.2 Å². The van der Waals surface area contributed by atoms with Gasteiger partial charge in [0.15, 0.2) is 0 Å². The van der Waals surface area contributed by atoms with Gasteiger partial charge in [-0.25, -0.2) is 4.79 Å². The van der Waals surface area contributed by atoms with Crippen LogP contribution in [-0.4, -0.2) is 16.2 Å². The van der Waals surface area contributed by atoms with Gasteiger partial charge in [0.25, 0.3) is 0 Å².